The highest BCUT2D eigenvalue weighted by Crippen LogP contribution is 2.27. The van der Waals surface area contributed by atoms with E-state index in [0.29, 0.717) is 16.3 Å². The SMILES string of the molecule is Fc1cc(-n2c(-c3cccs3)n[nH]c2=S)ccc1Cl. The van der Waals surface area contributed by atoms with Gasteiger partial charge in [-0.15, -0.1) is 11.3 Å². The van der Waals surface area contributed by atoms with E-state index in [1.54, 1.807) is 10.6 Å². The van der Waals surface area contributed by atoms with Crippen LogP contribution in [0.25, 0.3) is 16.4 Å². The van der Waals surface area contributed by atoms with Crippen molar-refractivity contribution in [2.45, 2.75) is 0 Å². The molecule has 3 rings (SSSR count). The van der Waals surface area contributed by atoms with Gasteiger partial charge in [0.1, 0.15) is 5.82 Å². The van der Waals surface area contributed by atoms with Crippen LogP contribution in [0, 0.1) is 10.6 Å². The van der Waals surface area contributed by atoms with Crippen LogP contribution in [0.4, 0.5) is 4.39 Å². The lowest BCUT2D eigenvalue weighted by Gasteiger charge is -2.06. The molecule has 19 heavy (non-hydrogen) atoms. The maximum atomic E-state index is 13.6. The zero-order valence-corrected chi connectivity index (χ0v) is 11.8. The molecule has 0 radical (unpaired) electrons. The quantitative estimate of drug-likeness (QED) is 0.709. The number of nitrogens with zero attached hydrogens (tertiary/aromatic N) is 2. The van der Waals surface area contributed by atoms with Gasteiger partial charge >= 0.3 is 0 Å². The van der Waals surface area contributed by atoms with Crippen molar-refractivity contribution in [1.82, 2.24) is 14.8 Å². The third-order valence-corrected chi connectivity index (χ3v) is 4.02. The van der Waals surface area contributed by atoms with E-state index in [4.69, 9.17) is 23.8 Å². The molecule has 0 saturated heterocycles. The molecule has 1 aromatic carbocycles. The summed E-state index contributed by atoms with van der Waals surface area (Å²) < 4.78 is 15.7. The number of aromatic amines is 1. The standard InChI is InChI=1S/C12H7ClFN3S2/c13-8-4-3-7(6-9(8)14)17-11(15-16-12(17)18)10-2-1-5-19-10/h1-6H,(H,16,18). The van der Waals surface area contributed by atoms with Gasteiger partial charge in [-0.1, -0.05) is 17.7 Å². The largest absolute Gasteiger partial charge is 0.267 e. The third kappa shape index (κ3) is 2.22. The molecule has 2 aromatic heterocycles. The lowest BCUT2D eigenvalue weighted by molar-refractivity contribution is 0.627. The fourth-order valence-electron chi connectivity index (χ4n) is 1.73. The van der Waals surface area contributed by atoms with E-state index >= 15 is 0 Å². The molecule has 0 amide bonds. The van der Waals surface area contributed by atoms with Crippen molar-refractivity contribution in [1.29, 1.82) is 0 Å². The molecule has 0 bridgehead atoms. The van der Waals surface area contributed by atoms with Crippen LogP contribution in [0.3, 0.4) is 0 Å². The second kappa shape index (κ2) is 4.88. The predicted molar refractivity (Wildman–Crippen MR) is 77.0 cm³/mol. The summed E-state index contributed by atoms with van der Waals surface area (Å²) in [6.07, 6.45) is 0. The average Bonchev–Trinajstić information content (AvgIpc) is 3.01. The molecule has 0 saturated carbocycles. The number of nitrogens with one attached hydrogen (secondary N) is 1. The fraction of sp³-hybridized carbons (Fsp3) is 0. The van der Waals surface area contributed by atoms with Crippen LogP contribution in [0.15, 0.2) is 35.7 Å². The topological polar surface area (TPSA) is 33.6 Å². The second-order valence-electron chi connectivity index (χ2n) is 3.76. The van der Waals surface area contributed by atoms with E-state index in [1.807, 2.05) is 17.5 Å². The molecule has 0 aliphatic heterocycles. The van der Waals surface area contributed by atoms with E-state index in [9.17, 15) is 4.39 Å². The van der Waals surface area contributed by atoms with Crippen molar-refractivity contribution >= 4 is 35.2 Å². The minimum atomic E-state index is -0.487. The Balaban J connectivity index is 2.22. The summed E-state index contributed by atoms with van der Waals surface area (Å²) in [6, 6.07) is 8.39. The van der Waals surface area contributed by atoms with Gasteiger partial charge in [0, 0.05) is 0 Å². The number of hydrogen-bond acceptors (Lipinski definition) is 3. The summed E-state index contributed by atoms with van der Waals surface area (Å²) in [5.74, 6) is 0.168. The van der Waals surface area contributed by atoms with Gasteiger partial charge in [-0.2, -0.15) is 5.10 Å². The summed E-state index contributed by atoms with van der Waals surface area (Å²) in [5.41, 5.74) is 0.587. The molecule has 0 atom stereocenters. The Kier molecular flexibility index (Phi) is 3.22. The highest BCUT2D eigenvalue weighted by Gasteiger charge is 2.12. The van der Waals surface area contributed by atoms with Gasteiger partial charge in [0.25, 0.3) is 0 Å². The number of halogens is 2. The Labute approximate surface area is 122 Å². The minimum absolute atomic E-state index is 0.0800. The fourth-order valence-corrected chi connectivity index (χ4v) is 2.79. The minimum Gasteiger partial charge on any atom is -0.267 e. The molecule has 0 aliphatic carbocycles. The smallest absolute Gasteiger partial charge is 0.200 e. The molecular formula is C12H7ClFN3S2. The van der Waals surface area contributed by atoms with Crippen molar-refractivity contribution in [3.05, 3.63) is 51.3 Å². The Hall–Kier alpha value is -1.50. The van der Waals surface area contributed by atoms with Crippen LogP contribution in [0.5, 0.6) is 0 Å². The van der Waals surface area contributed by atoms with Crippen molar-refractivity contribution in [2.24, 2.45) is 0 Å². The monoisotopic (exact) mass is 311 g/mol. The van der Waals surface area contributed by atoms with Crippen molar-refractivity contribution in [3.63, 3.8) is 0 Å². The number of benzene rings is 1. The highest BCUT2D eigenvalue weighted by atomic mass is 35.5. The van der Waals surface area contributed by atoms with Gasteiger partial charge in [-0.05, 0) is 41.9 Å². The molecule has 7 heteroatoms. The maximum Gasteiger partial charge on any atom is 0.200 e. The lowest BCUT2D eigenvalue weighted by Crippen LogP contribution is -1.97. The first-order valence-corrected chi connectivity index (χ1v) is 7.00. The molecular weight excluding hydrogens is 305 g/mol. The van der Waals surface area contributed by atoms with Gasteiger partial charge in [-0.25, -0.2) is 4.39 Å². The van der Waals surface area contributed by atoms with Crippen LogP contribution < -0.4 is 0 Å². The second-order valence-corrected chi connectivity index (χ2v) is 5.51. The number of H-pyrrole nitrogens is 1. The van der Waals surface area contributed by atoms with Gasteiger partial charge in [0.05, 0.1) is 15.6 Å². The van der Waals surface area contributed by atoms with Gasteiger partial charge in [-0.3, -0.25) is 9.67 Å². The molecule has 3 nitrogen and oxygen atoms in total. The molecule has 3 aromatic rings. The Morgan fingerprint density at radius 2 is 2.21 bits per heavy atom. The average molecular weight is 312 g/mol. The lowest BCUT2D eigenvalue weighted by atomic mass is 10.3. The van der Waals surface area contributed by atoms with Crippen molar-refractivity contribution in [2.75, 3.05) is 0 Å². The number of thiophene rings is 1. The molecule has 96 valence electrons. The van der Waals surface area contributed by atoms with Crippen LogP contribution in [-0.2, 0) is 0 Å². The Bertz CT molecular complexity index is 777. The van der Waals surface area contributed by atoms with Crippen molar-refractivity contribution < 1.29 is 4.39 Å². The Morgan fingerprint density at radius 1 is 1.37 bits per heavy atom. The number of aromatic nitrogens is 3. The molecule has 1 N–H and O–H groups in total. The number of rotatable bonds is 2. The summed E-state index contributed by atoms with van der Waals surface area (Å²) in [7, 11) is 0. The summed E-state index contributed by atoms with van der Waals surface area (Å²) >= 11 is 12.4. The van der Waals surface area contributed by atoms with Gasteiger partial charge < -0.3 is 0 Å². The van der Waals surface area contributed by atoms with Crippen LogP contribution >= 0.6 is 35.2 Å². The zero-order chi connectivity index (χ0) is 13.4. The van der Waals surface area contributed by atoms with E-state index in [0.717, 1.165) is 4.88 Å². The van der Waals surface area contributed by atoms with E-state index in [-0.39, 0.29) is 5.02 Å². The van der Waals surface area contributed by atoms with E-state index in [2.05, 4.69) is 10.2 Å². The first-order valence-electron chi connectivity index (χ1n) is 5.33. The molecule has 0 unspecified atom stereocenters. The van der Waals surface area contributed by atoms with Gasteiger partial charge in [0.2, 0.25) is 0 Å². The van der Waals surface area contributed by atoms with Gasteiger partial charge in [0.15, 0.2) is 10.6 Å². The summed E-state index contributed by atoms with van der Waals surface area (Å²) in [6.45, 7) is 0. The molecule has 0 aliphatic rings. The maximum absolute atomic E-state index is 13.6. The van der Waals surface area contributed by atoms with Crippen LogP contribution in [0.1, 0.15) is 0 Å². The molecule has 0 fully saturated rings. The number of hydrogen-bond donors (Lipinski definition) is 1. The van der Waals surface area contributed by atoms with Crippen LogP contribution in [0.2, 0.25) is 5.02 Å². The first-order chi connectivity index (χ1) is 9.16. The third-order valence-electron chi connectivity index (χ3n) is 2.58. The van der Waals surface area contributed by atoms with Crippen molar-refractivity contribution in [3.8, 4) is 16.4 Å². The zero-order valence-electron chi connectivity index (χ0n) is 9.43. The first kappa shape index (κ1) is 12.5. The normalized spacial score (nSPS) is 10.8. The highest BCUT2D eigenvalue weighted by molar-refractivity contribution is 7.71. The van der Waals surface area contributed by atoms with Crippen LogP contribution in [-0.4, -0.2) is 14.8 Å². The van der Waals surface area contributed by atoms with E-state index < -0.39 is 5.82 Å². The molecule has 2 heterocycles. The van der Waals surface area contributed by atoms with E-state index in [1.165, 1.54) is 23.5 Å². The Morgan fingerprint density at radius 3 is 2.89 bits per heavy atom. The molecule has 0 spiro atoms. The summed E-state index contributed by atoms with van der Waals surface area (Å²) in [5, 5.41) is 8.94. The predicted octanol–water partition coefficient (Wildman–Crippen LogP) is 4.45. The summed E-state index contributed by atoms with van der Waals surface area (Å²) in [4.78, 5) is 0.947.